The Morgan fingerprint density at radius 2 is 2.17 bits per heavy atom. The highest BCUT2D eigenvalue weighted by atomic mass is 127. The molecule has 1 aliphatic heterocycles. The second-order valence-corrected chi connectivity index (χ2v) is 5.47. The number of methoxy groups -OCH3 is 1. The van der Waals surface area contributed by atoms with E-state index in [1.807, 2.05) is 0 Å². The Morgan fingerprint density at radius 3 is 2.83 bits per heavy atom. The van der Waals surface area contributed by atoms with E-state index in [1.54, 1.807) is 7.11 Å². The van der Waals surface area contributed by atoms with Crippen molar-refractivity contribution in [2.45, 2.75) is 26.2 Å². The first-order valence-corrected chi connectivity index (χ1v) is 8.05. The summed E-state index contributed by atoms with van der Waals surface area (Å²) in [6.07, 6.45) is 2.57. The second-order valence-electron chi connectivity index (χ2n) is 5.47. The molecule has 0 aliphatic carbocycles. The van der Waals surface area contributed by atoms with Crippen LogP contribution in [0.15, 0.2) is 4.99 Å². The Labute approximate surface area is 156 Å². The van der Waals surface area contributed by atoms with E-state index in [1.165, 1.54) is 0 Å². The van der Waals surface area contributed by atoms with Crippen molar-refractivity contribution in [1.29, 1.82) is 0 Å². The molecule has 1 heterocycles. The minimum atomic E-state index is -0.222. The molecule has 136 valence electrons. The van der Waals surface area contributed by atoms with Gasteiger partial charge in [-0.05, 0) is 25.7 Å². The summed E-state index contributed by atoms with van der Waals surface area (Å²) in [6, 6.07) is 0. The Kier molecular flexibility index (Phi) is 13.4. The molecular formula is C15H31IN4O3. The van der Waals surface area contributed by atoms with Crippen molar-refractivity contribution < 1.29 is 14.3 Å². The zero-order valence-corrected chi connectivity index (χ0v) is 16.6. The number of nitrogens with one attached hydrogen (secondary N) is 1. The maximum absolute atomic E-state index is 11.1. The summed E-state index contributed by atoms with van der Waals surface area (Å²) >= 11 is 0. The van der Waals surface area contributed by atoms with Crippen LogP contribution in [0, 0.1) is 5.92 Å². The number of guanidine groups is 1. The van der Waals surface area contributed by atoms with Crippen molar-refractivity contribution in [2.24, 2.45) is 16.6 Å². The number of carbonyl (C=O) groups is 1. The molecule has 1 atom stereocenters. The summed E-state index contributed by atoms with van der Waals surface area (Å²) < 4.78 is 10.4. The van der Waals surface area contributed by atoms with Crippen LogP contribution in [0.25, 0.3) is 0 Å². The summed E-state index contributed by atoms with van der Waals surface area (Å²) in [4.78, 5) is 17.9. The summed E-state index contributed by atoms with van der Waals surface area (Å²) in [7, 11) is 1.66. The minimum Gasteiger partial charge on any atom is -0.382 e. The molecule has 0 bridgehead atoms. The van der Waals surface area contributed by atoms with Gasteiger partial charge in [-0.3, -0.25) is 9.79 Å². The van der Waals surface area contributed by atoms with Gasteiger partial charge in [-0.1, -0.05) is 0 Å². The van der Waals surface area contributed by atoms with Crippen LogP contribution in [-0.2, 0) is 14.3 Å². The van der Waals surface area contributed by atoms with Gasteiger partial charge in [-0.2, -0.15) is 0 Å². The molecule has 1 amide bonds. The molecule has 0 aromatic rings. The maximum Gasteiger partial charge on any atom is 0.217 e. The number of piperidine rings is 1. The van der Waals surface area contributed by atoms with Crippen molar-refractivity contribution in [3.8, 4) is 0 Å². The molecule has 0 radical (unpaired) electrons. The fourth-order valence-corrected chi connectivity index (χ4v) is 2.59. The van der Waals surface area contributed by atoms with Crippen molar-refractivity contribution in [3.05, 3.63) is 0 Å². The highest BCUT2D eigenvalue weighted by Crippen LogP contribution is 2.19. The van der Waals surface area contributed by atoms with E-state index in [0.717, 1.165) is 38.4 Å². The fourth-order valence-electron chi connectivity index (χ4n) is 2.59. The average Bonchev–Trinajstić information content (AvgIpc) is 2.49. The summed E-state index contributed by atoms with van der Waals surface area (Å²) in [5.74, 6) is 1.00. The van der Waals surface area contributed by atoms with E-state index < -0.39 is 0 Å². The second kappa shape index (κ2) is 13.8. The van der Waals surface area contributed by atoms with Gasteiger partial charge < -0.3 is 25.4 Å². The van der Waals surface area contributed by atoms with Gasteiger partial charge in [0, 0.05) is 33.2 Å². The molecule has 23 heavy (non-hydrogen) atoms. The number of carbonyl (C=O) groups excluding carboxylic acids is 1. The van der Waals surface area contributed by atoms with Gasteiger partial charge in [-0.25, -0.2) is 0 Å². The Morgan fingerprint density at radius 1 is 1.39 bits per heavy atom. The van der Waals surface area contributed by atoms with Crippen molar-refractivity contribution in [3.63, 3.8) is 0 Å². The number of primary amides is 1. The van der Waals surface area contributed by atoms with Gasteiger partial charge in [0.25, 0.3) is 0 Å². The SMILES string of the molecule is CCNC(=NCCOCCOC)N1CCCC(CC(N)=O)C1.I. The van der Waals surface area contributed by atoms with Crippen LogP contribution < -0.4 is 11.1 Å². The smallest absolute Gasteiger partial charge is 0.217 e. The summed E-state index contributed by atoms with van der Waals surface area (Å²) in [5.41, 5.74) is 5.31. The van der Waals surface area contributed by atoms with E-state index >= 15 is 0 Å². The molecule has 0 saturated carbocycles. The molecule has 0 aromatic carbocycles. The number of hydrogen-bond donors (Lipinski definition) is 2. The van der Waals surface area contributed by atoms with E-state index in [-0.39, 0.29) is 29.9 Å². The monoisotopic (exact) mass is 442 g/mol. The number of nitrogens with zero attached hydrogens (tertiary/aromatic N) is 2. The maximum atomic E-state index is 11.1. The first-order chi connectivity index (χ1) is 10.7. The first kappa shape index (κ1) is 22.4. The van der Waals surface area contributed by atoms with Gasteiger partial charge in [0.2, 0.25) is 5.91 Å². The van der Waals surface area contributed by atoms with Crippen molar-refractivity contribution in [1.82, 2.24) is 10.2 Å². The Hall–Kier alpha value is -0.610. The van der Waals surface area contributed by atoms with Crippen LogP contribution in [0.3, 0.4) is 0 Å². The van der Waals surface area contributed by atoms with Crippen LogP contribution in [0.1, 0.15) is 26.2 Å². The van der Waals surface area contributed by atoms with E-state index in [4.69, 9.17) is 15.2 Å². The normalized spacial score (nSPS) is 18.4. The van der Waals surface area contributed by atoms with Crippen molar-refractivity contribution in [2.75, 3.05) is 53.1 Å². The zero-order chi connectivity index (χ0) is 16.2. The largest absolute Gasteiger partial charge is 0.382 e. The number of halogens is 1. The molecule has 0 aromatic heterocycles. The predicted molar refractivity (Wildman–Crippen MR) is 102 cm³/mol. The highest BCUT2D eigenvalue weighted by Gasteiger charge is 2.23. The van der Waals surface area contributed by atoms with E-state index in [9.17, 15) is 4.79 Å². The molecule has 3 N–H and O–H groups in total. The standard InChI is InChI=1S/C15H30N4O3.HI/c1-3-17-15(18-6-8-22-10-9-21-2)19-7-4-5-13(12-19)11-14(16)20;/h13H,3-12H2,1-2H3,(H2,16,20)(H,17,18);1H. The molecule has 8 heteroatoms. The highest BCUT2D eigenvalue weighted by molar-refractivity contribution is 14.0. The van der Waals surface area contributed by atoms with Crippen LogP contribution in [0.4, 0.5) is 0 Å². The van der Waals surface area contributed by atoms with Gasteiger partial charge in [0.15, 0.2) is 5.96 Å². The lowest BCUT2D eigenvalue weighted by atomic mass is 9.95. The third kappa shape index (κ3) is 9.98. The first-order valence-electron chi connectivity index (χ1n) is 8.05. The molecule has 1 rings (SSSR count). The van der Waals surface area contributed by atoms with Gasteiger partial charge in [0.05, 0.1) is 26.4 Å². The number of rotatable bonds is 9. The number of aliphatic imine (C=N–C) groups is 1. The number of likely N-dealkylation sites (tertiary alicyclic amines) is 1. The molecule has 0 spiro atoms. The minimum absolute atomic E-state index is 0. The molecule has 1 saturated heterocycles. The predicted octanol–water partition coefficient (Wildman–Crippen LogP) is 0.820. The Bertz CT molecular complexity index is 356. The van der Waals surface area contributed by atoms with E-state index in [2.05, 4.69) is 22.1 Å². The van der Waals surface area contributed by atoms with Gasteiger partial charge >= 0.3 is 0 Å². The molecule has 7 nitrogen and oxygen atoms in total. The lowest BCUT2D eigenvalue weighted by molar-refractivity contribution is -0.119. The zero-order valence-electron chi connectivity index (χ0n) is 14.3. The lowest BCUT2D eigenvalue weighted by Gasteiger charge is -2.34. The van der Waals surface area contributed by atoms with Crippen LogP contribution in [0.2, 0.25) is 0 Å². The third-order valence-electron chi connectivity index (χ3n) is 3.57. The number of nitrogens with two attached hydrogens (primary N) is 1. The molecule has 1 unspecified atom stereocenters. The molecular weight excluding hydrogens is 411 g/mol. The number of ether oxygens (including phenoxy) is 2. The van der Waals surface area contributed by atoms with Crippen LogP contribution >= 0.6 is 24.0 Å². The number of hydrogen-bond acceptors (Lipinski definition) is 4. The molecule has 1 aliphatic rings. The Balaban J connectivity index is 0.00000484. The van der Waals surface area contributed by atoms with E-state index in [0.29, 0.717) is 38.7 Å². The summed E-state index contributed by atoms with van der Waals surface area (Å²) in [5, 5.41) is 3.31. The fraction of sp³-hybridized carbons (Fsp3) is 0.867. The van der Waals surface area contributed by atoms with Crippen LogP contribution in [0.5, 0.6) is 0 Å². The molecule has 1 fully saturated rings. The van der Waals surface area contributed by atoms with Gasteiger partial charge in [-0.15, -0.1) is 24.0 Å². The number of amides is 1. The average molecular weight is 442 g/mol. The topological polar surface area (TPSA) is 89.2 Å². The quantitative estimate of drug-likeness (QED) is 0.239. The third-order valence-corrected chi connectivity index (χ3v) is 3.57. The summed E-state index contributed by atoms with van der Waals surface area (Å²) in [6.45, 7) is 7.05. The lowest BCUT2D eigenvalue weighted by Crippen LogP contribution is -2.47. The van der Waals surface area contributed by atoms with Crippen molar-refractivity contribution >= 4 is 35.8 Å². The van der Waals surface area contributed by atoms with Crippen LogP contribution in [-0.4, -0.2) is 69.9 Å². The van der Waals surface area contributed by atoms with Gasteiger partial charge in [0.1, 0.15) is 0 Å².